The SMILES string of the molecule is CC1(C)OC[C@H]([C@@H]2[C@@H]([C@H]3CCCC(=O)O3)C2(S(=O)(=O)c2ccccc2)S(=O)(=O)c2ccccc2)O1. The van der Waals surface area contributed by atoms with E-state index in [0.717, 1.165) is 0 Å². The first-order valence-corrected chi connectivity index (χ1v) is 14.6. The van der Waals surface area contributed by atoms with Gasteiger partial charge in [-0.25, -0.2) is 16.8 Å². The highest BCUT2D eigenvalue weighted by atomic mass is 32.3. The standard InChI is InChI=1S/C25H28O8S2/c1-24(2)31-16-20(33-24)23-22(19-14-9-15-21(26)32-19)25(23,34(27,28)17-10-5-3-6-11-17)35(29,30)18-12-7-4-8-13-18/h3-8,10-13,19-20,22-23H,9,14-16H2,1-2H3/t19-,20-,22-,23-/m1/s1. The Morgan fingerprint density at radius 3 is 1.77 bits per heavy atom. The van der Waals surface area contributed by atoms with E-state index in [0.29, 0.717) is 12.8 Å². The Labute approximate surface area is 205 Å². The van der Waals surface area contributed by atoms with Crippen LogP contribution in [0.1, 0.15) is 33.1 Å². The van der Waals surface area contributed by atoms with E-state index in [4.69, 9.17) is 14.2 Å². The van der Waals surface area contributed by atoms with Crippen molar-refractivity contribution in [1.82, 2.24) is 0 Å². The summed E-state index contributed by atoms with van der Waals surface area (Å²) >= 11 is 0. The van der Waals surface area contributed by atoms with E-state index < -0.39 is 59.6 Å². The molecule has 4 atom stereocenters. The molecule has 10 heteroatoms. The number of ether oxygens (including phenoxy) is 3. The van der Waals surface area contributed by atoms with Gasteiger partial charge in [-0.15, -0.1) is 0 Å². The normalized spacial score (nSPS) is 29.9. The van der Waals surface area contributed by atoms with E-state index in [1.165, 1.54) is 24.3 Å². The molecule has 188 valence electrons. The van der Waals surface area contributed by atoms with Crippen LogP contribution in [0.15, 0.2) is 70.5 Å². The van der Waals surface area contributed by atoms with Crippen molar-refractivity contribution in [3.05, 3.63) is 60.7 Å². The molecule has 3 fully saturated rings. The summed E-state index contributed by atoms with van der Waals surface area (Å²) < 4.78 is 72.6. The molecule has 0 N–H and O–H groups in total. The van der Waals surface area contributed by atoms with Crippen molar-refractivity contribution in [2.45, 2.75) is 65.0 Å². The monoisotopic (exact) mass is 520 g/mol. The summed E-state index contributed by atoms with van der Waals surface area (Å²) in [5.74, 6) is -3.46. The first kappa shape index (κ1) is 24.4. The third kappa shape index (κ3) is 3.73. The average molecular weight is 521 g/mol. The molecule has 0 aromatic heterocycles. The summed E-state index contributed by atoms with van der Waals surface area (Å²) in [7, 11) is -8.98. The molecule has 2 aromatic rings. The first-order valence-electron chi connectivity index (χ1n) is 11.6. The maximum Gasteiger partial charge on any atom is 0.306 e. The largest absolute Gasteiger partial charge is 0.462 e. The maximum atomic E-state index is 14.4. The van der Waals surface area contributed by atoms with Gasteiger partial charge in [0, 0.05) is 18.3 Å². The second-order valence-electron chi connectivity index (χ2n) is 9.69. The highest BCUT2D eigenvalue weighted by Gasteiger charge is 2.85. The molecule has 2 aliphatic heterocycles. The van der Waals surface area contributed by atoms with Crippen LogP contribution in [0.5, 0.6) is 0 Å². The molecule has 2 aromatic carbocycles. The molecule has 8 nitrogen and oxygen atoms in total. The lowest BCUT2D eigenvalue weighted by molar-refractivity contribution is -0.156. The number of esters is 1. The van der Waals surface area contributed by atoms with Crippen molar-refractivity contribution in [2.24, 2.45) is 11.8 Å². The molecule has 35 heavy (non-hydrogen) atoms. The number of carbonyl (C=O) groups excluding carboxylic acids is 1. The number of rotatable bonds is 6. The molecule has 0 bridgehead atoms. The summed E-state index contributed by atoms with van der Waals surface area (Å²) in [5.41, 5.74) is 0. The molecule has 3 aliphatic rings. The Bertz CT molecular complexity index is 1250. The second kappa shape index (κ2) is 8.40. The molecule has 2 saturated heterocycles. The van der Waals surface area contributed by atoms with Gasteiger partial charge in [0.25, 0.3) is 0 Å². The van der Waals surface area contributed by atoms with Crippen LogP contribution in [-0.4, -0.2) is 51.5 Å². The van der Waals surface area contributed by atoms with Crippen molar-refractivity contribution >= 4 is 25.6 Å². The van der Waals surface area contributed by atoms with Crippen LogP contribution in [0.2, 0.25) is 0 Å². The summed E-state index contributed by atoms with van der Waals surface area (Å²) in [4.78, 5) is 12.0. The molecule has 0 radical (unpaired) electrons. The maximum absolute atomic E-state index is 14.4. The molecule has 2 heterocycles. The van der Waals surface area contributed by atoms with Crippen LogP contribution in [0.4, 0.5) is 0 Å². The zero-order valence-corrected chi connectivity index (χ0v) is 21.1. The minimum absolute atomic E-state index is 0.0329. The topological polar surface area (TPSA) is 113 Å². The second-order valence-corrected chi connectivity index (χ2v) is 14.3. The average Bonchev–Trinajstić information content (AvgIpc) is 3.45. The number of carbonyl (C=O) groups is 1. The molecule has 0 amide bonds. The molecule has 1 aliphatic carbocycles. The number of hydrogen-bond acceptors (Lipinski definition) is 8. The molecule has 5 rings (SSSR count). The number of cyclic esters (lactones) is 1. The van der Waals surface area contributed by atoms with E-state index in [1.54, 1.807) is 50.2 Å². The minimum atomic E-state index is -4.49. The Morgan fingerprint density at radius 1 is 0.800 bits per heavy atom. The summed E-state index contributed by atoms with van der Waals surface area (Å²) in [6.45, 7) is 3.43. The van der Waals surface area contributed by atoms with Gasteiger partial charge in [0.05, 0.1) is 22.5 Å². The Hall–Kier alpha value is -2.27. The van der Waals surface area contributed by atoms with Crippen molar-refractivity contribution in [3.8, 4) is 0 Å². The fraction of sp³-hybridized carbons (Fsp3) is 0.480. The predicted molar refractivity (Wildman–Crippen MR) is 126 cm³/mol. The summed E-state index contributed by atoms with van der Waals surface area (Å²) in [6, 6.07) is 15.1. The van der Waals surface area contributed by atoms with Crippen LogP contribution < -0.4 is 0 Å². The zero-order chi connectivity index (χ0) is 25.1. The summed E-state index contributed by atoms with van der Waals surface area (Å²) in [5, 5.41) is 0. The van der Waals surface area contributed by atoms with Gasteiger partial charge < -0.3 is 14.2 Å². The van der Waals surface area contributed by atoms with Crippen molar-refractivity contribution < 1.29 is 35.8 Å². The van der Waals surface area contributed by atoms with E-state index in [-0.39, 0.29) is 22.8 Å². The Kier molecular flexibility index (Phi) is 5.86. The molecule has 1 saturated carbocycles. The van der Waals surface area contributed by atoms with E-state index in [2.05, 4.69) is 0 Å². The van der Waals surface area contributed by atoms with Gasteiger partial charge in [-0.2, -0.15) is 0 Å². The van der Waals surface area contributed by atoms with Crippen LogP contribution in [0.25, 0.3) is 0 Å². The van der Waals surface area contributed by atoms with Crippen molar-refractivity contribution in [3.63, 3.8) is 0 Å². The highest BCUT2D eigenvalue weighted by molar-refractivity contribution is 8.11. The van der Waals surface area contributed by atoms with E-state index in [9.17, 15) is 21.6 Å². The van der Waals surface area contributed by atoms with Gasteiger partial charge in [0.2, 0.25) is 0 Å². The molecular weight excluding hydrogens is 492 g/mol. The lowest BCUT2D eigenvalue weighted by atomic mass is 10.0. The fourth-order valence-electron chi connectivity index (χ4n) is 5.68. The lowest BCUT2D eigenvalue weighted by Gasteiger charge is -2.26. The first-order chi connectivity index (χ1) is 16.5. The van der Waals surface area contributed by atoms with Gasteiger partial charge >= 0.3 is 5.97 Å². The van der Waals surface area contributed by atoms with Crippen molar-refractivity contribution in [1.29, 1.82) is 0 Å². The molecule has 0 spiro atoms. The third-order valence-corrected chi connectivity index (χ3v) is 13.0. The van der Waals surface area contributed by atoms with Gasteiger partial charge in [0.15, 0.2) is 29.5 Å². The fourth-order valence-corrected chi connectivity index (χ4v) is 11.7. The highest BCUT2D eigenvalue weighted by Crippen LogP contribution is 2.68. The van der Waals surface area contributed by atoms with Gasteiger partial charge in [-0.3, -0.25) is 4.79 Å². The lowest BCUT2D eigenvalue weighted by Crippen LogP contribution is -2.41. The van der Waals surface area contributed by atoms with Gasteiger partial charge in [-0.05, 0) is 51.0 Å². The van der Waals surface area contributed by atoms with Crippen LogP contribution >= 0.6 is 0 Å². The quantitative estimate of drug-likeness (QED) is 0.534. The minimum Gasteiger partial charge on any atom is -0.462 e. The third-order valence-electron chi connectivity index (χ3n) is 7.14. The summed E-state index contributed by atoms with van der Waals surface area (Å²) in [6.07, 6.45) is -0.598. The predicted octanol–water partition coefficient (Wildman–Crippen LogP) is 3.12. The van der Waals surface area contributed by atoms with Crippen LogP contribution in [0, 0.1) is 11.8 Å². The van der Waals surface area contributed by atoms with Crippen molar-refractivity contribution in [2.75, 3.05) is 6.61 Å². The van der Waals surface area contributed by atoms with Gasteiger partial charge in [0.1, 0.15) is 6.10 Å². The van der Waals surface area contributed by atoms with Gasteiger partial charge in [-0.1, -0.05) is 36.4 Å². The number of benzene rings is 2. The molecular formula is C25H28O8S2. The Balaban J connectivity index is 1.75. The van der Waals surface area contributed by atoms with Crippen LogP contribution in [-0.2, 0) is 38.7 Å². The zero-order valence-electron chi connectivity index (χ0n) is 19.5. The number of hydrogen-bond donors (Lipinski definition) is 0. The smallest absolute Gasteiger partial charge is 0.306 e. The van der Waals surface area contributed by atoms with E-state index in [1.807, 2.05) is 0 Å². The van der Waals surface area contributed by atoms with Crippen LogP contribution in [0.3, 0.4) is 0 Å². The van der Waals surface area contributed by atoms with E-state index >= 15 is 0 Å². The Morgan fingerprint density at radius 2 is 1.31 bits per heavy atom. The molecule has 0 unspecified atom stereocenters. The number of sulfone groups is 2.